The van der Waals surface area contributed by atoms with Crippen LogP contribution in [0.15, 0.2) is 36.4 Å². The number of carboxylic acids is 1. The Morgan fingerprint density at radius 1 is 1.33 bits per heavy atom. The third kappa shape index (κ3) is 2.24. The van der Waals surface area contributed by atoms with E-state index in [1.807, 2.05) is 6.92 Å². The Hall–Kier alpha value is -2.76. The number of carbonyl (C=O) groups is 1. The Kier molecular flexibility index (Phi) is 3.13. The average molecular weight is 285 g/mol. The van der Waals surface area contributed by atoms with Crippen LogP contribution in [0.5, 0.6) is 0 Å². The van der Waals surface area contributed by atoms with Crippen LogP contribution in [0.4, 0.5) is 4.39 Å². The van der Waals surface area contributed by atoms with Gasteiger partial charge in [0.1, 0.15) is 5.82 Å². The molecule has 0 saturated heterocycles. The fourth-order valence-electron chi connectivity index (χ4n) is 2.15. The van der Waals surface area contributed by atoms with Crippen molar-refractivity contribution in [2.24, 2.45) is 0 Å². The molecule has 0 aliphatic carbocycles. The van der Waals surface area contributed by atoms with Gasteiger partial charge in [0.15, 0.2) is 11.3 Å². The van der Waals surface area contributed by atoms with Gasteiger partial charge in [0, 0.05) is 11.6 Å². The molecular weight excluding hydrogens is 273 g/mol. The van der Waals surface area contributed by atoms with Crippen molar-refractivity contribution in [1.82, 2.24) is 14.6 Å². The molecule has 0 radical (unpaired) electrons. The molecule has 1 aromatic carbocycles. The van der Waals surface area contributed by atoms with E-state index in [1.54, 1.807) is 24.3 Å². The second kappa shape index (κ2) is 4.97. The quantitative estimate of drug-likeness (QED) is 0.803. The van der Waals surface area contributed by atoms with Gasteiger partial charge in [-0.15, -0.1) is 0 Å². The van der Waals surface area contributed by atoms with Crippen molar-refractivity contribution in [1.29, 1.82) is 0 Å². The number of halogens is 1. The number of nitrogens with zero attached hydrogens (tertiary/aromatic N) is 3. The number of aryl methyl sites for hydroxylation is 1. The Morgan fingerprint density at radius 2 is 2.10 bits per heavy atom. The van der Waals surface area contributed by atoms with E-state index in [9.17, 15) is 14.3 Å². The molecule has 0 aliphatic heterocycles. The van der Waals surface area contributed by atoms with Crippen molar-refractivity contribution in [2.45, 2.75) is 13.3 Å². The van der Waals surface area contributed by atoms with Gasteiger partial charge >= 0.3 is 5.97 Å². The fraction of sp³-hybridized carbons (Fsp3) is 0.133. The van der Waals surface area contributed by atoms with Crippen LogP contribution < -0.4 is 0 Å². The Balaban J connectivity index is 2.30. The van der Waals surface area contributed by atoms with Gasteiger partial charge in [0.2, 0.25) is 0 Å². The third-order valence-corrected chi connectivity index (χ3v) is 3.21. The highest BCUT2D eigenvalue weighted by Gasteiger charge is 2.16. The van der Waals surface area contributed by atoms with Gasteiger partial charge in [-0.2, -0.15) is 5.10 Å². The zero-order chi connectivity index (χ0) is 15.0. The first-order valence-corrected chi connectivity index (χ1v) is 6.48. The zero-order valence-corrected chi connectivity index (χ0v) is 11.2. The summed E-state index contributed by atoms with van der Waals surface area (Å²) in [5.74, 6) is -1.58. The number of fused-ring (bicyclic) bond motifs is 1. The van der Waals surface area contributed by atoms with Crippen LogP contribution in [-0.4, -0.2) is 25.7 Å². The molecule has 3 aromatic rings. The lowest BCUT2D eigenvalue weighted by Gasteiger charge is -2.05. The minimum absolute atomic E-state index is 0.0436. The number of aromatic nitrogens is 3. The molecule has 0 atom stereocenters. The van der Waals surface area contributed by atoms with Crippen molar-refractivity contribution in [3.05, 3.63) is 53.6 Å². The smallest absolute Gasteiger partial charge is 0.354 e. The zero-order valence-electron chi connectivity index (χ0n) is 11.2. The lowest BCUT2D eigenvalue weighted by atomic mass is 10.1. The largest absolute Gasteiger partial charge is 0.477 e. The van der Waals surface area contributed by atoms with E-state index in [0.717, 1.165) is 5.69 Å². The van der Waals surface area contributed by atoms with E-state index >= 15 is 0 Å². The SMILES string of the molecule is CCc1cc2nc(-c3ccccc3F)cc(C(=O)O)n2n1. The molecule has 0 fully saturated rings. The summed E-state index contributed by atoms with van der Waals surface area (Å²) in [6, 6.07) is 9.17. The summed E-state index contributed by atoms with van der Waals surface area (Å²) in [5, 5.41) is 13.5. The normalized spacial score (nSPS) is 11.0. The van der Waals surface area contributed by atoms with E-state index in [4.69, 9.17) is 0 Å². The van der Waals surface area contributed by atoms with Gasteiger partial charge in [-0.3, -0.25) is 0 Å². The average Bonchev–Trinajstić information content (AvgIpc) is 2.89. The Bertz CT molecular complexity index is 842. The van der Waals surface area contributed by atoms with Crippen molar-refractivity contribution in [3.8, 4) is 11.3 Å². The molecule has 2 aromatic heterocycles. The molecule has 0 saturated carbocycles. The second-order valence-electron chi connectivity index (χ2n) is 4.57. The number of hydrogen-bond donors (Lipinski definition) is 1. The first-order chi connectivity index (χ1) is 10.1. The van der Waals surface area contributed by atoms with E-state index in [0.29, 0.717) is 12.1 Å². The minimum Gasteiger partial charge on any atom is -0.477 e. The van der Waals surface area contributed by atoms with Crippen molar-refractivity contribution < 1.29 is 14.3 Å². The van der Waals surface area contributed by atoms with Crippen molar-refractivity contribution in [3.63, 3.8) is 0 Å². The summed E-state index contributed by atoms with van der Waals surface area (Å²) < 4.78 is 15.1. The highest BCUT2D eigenvalue weighted by Crippen LogP contribution is 2.23. The van der Waals surface area contributed by atoms with Crippen molar-refractivity contribution in [2.75, 3.05) is 0 Å². The molecule has 6 heteroatoms. The van der Waals surface area contributed by atoms with Gasteiger partial charge in [-0.25, -0.2) is 18.7 Å². The summed E-state index contributed by atoms with van der Waals surface area (Å²) in [5.41, 5.74) is 1.63. The fourth-order valence-corrected chi connectivity index (χ4v) is 2.15. The van der Waals surface area contributed by atoms with Gasteiger partial charge in [-0.1, -0.05) is 19.1 Å². The molecule has 21 heavy (non-hydrogen) atoms. The van der Waals surface area contributed by atoms with Crippen LogP contribution in [0, 0.1) is 5.82 Å². The summed E-state index contributed by atoms with van der Waals surface area (Å²) in [7, 11) is 0. The van der Waals surface area contributed by atoms with Crippen LogP contribution in [-0.2, 0) is 6.42 Å². The summed E-state index contributed by atoms with van der Waals surface area (Å²) in [4.78, 5) is 15.7. The number of rotatable bonds is 3. The maximum Gasteiger partial charge on any atom is 0.354 e. The number of carboxylic acid groups (broad SMARTS) is 1. The maximum atomic E-state index is 13.9. The molecule has 1 N–H and O–H groups in total. The van der Waals surface area contributed by atoms with Gasteiger partial charge < -0.3 is 5.11 Å². The Labute approximate surface area is 119 Å². The minimum atomic E-state index is -1.13. The van der Waals surface area contributed by atoms with E-state index in [1.165, 1.54) is 16.6 Å². The van der Waals surface area contributed by atoms with Crippen LogP contribution in [0.25, 0.3) is 16.9 Å². The standard InChI is InChI=1S/C15H12FN3O2/c1-2-9-7-14-17-12(10-5-3-4-6-11(10)16)8-13(15(20)21)19(14)18-9/h3-8H,2H2,1H3,(H,20,21). The van der Waals surface area contributed by atoms with Crippen LogP contribution >= 0.6 is 0 Å². The molecule has 3 rings (SSSR count). The van der Waals surface area contributed by atoms with Gasteiger partial charge in [0.25, 0.3) is 0 Å². The van der Waals surface area contributed by atoms with Crippen LogP contribution in [0.1, 0.15) is 23.1 Å². The van der Waals surface area contributed by atoms with Crippen molar-refractivity contribution >= 4 is 11.6 Å². The third-order valence-electron chi connectivity index (χ3n) is 3.21. The number of aromatic carboxylic acids is 1. The first-order valence-electron chi connectivity index (χ1n) is 6.48. The first kappa shape index (κ1) is 13.2. The topological polar surface area (TPSA) is 67.5 Å². The predicted octanol–water partition coefficient (Wildman–Crippen LogP) is 2.80. The lowest BCUT2D eigenvalue weighted by molar-refractivity contribution is 0.0687. The lowest BCUT2D eigenvalue weighted by Crippen LogP contribution is -2.08. The number of hydrogen-bond acceptors (Lipinski definition) is 3. The molecule has 0 spiro atoms. The highest BCUT2D eigenvalue weighted by molar-refractivity contribution is 5.88. The molecule has 0 bridgehead atoms. The predicted molar refractivity (Wildman–Crippen MR) is 74.7 cm³/mol. The maximum absolute atomic E-state index is 13.9. The van der Waals surface area contributed by atoms with Crippen LogP contribution in [0.3, 0.4) is 0 Å². The molecule has 0 unspecified atom stereocenters. The molecule has 0 amide bonds. The highest BCUT2D eigenvalue weighted by atomic mass is 19.1. The molecule has 106 valence electrons. The molecular formula is C15H12FN3O2. The number of benzene rings is 1. The second-order valence-corrected chi connectivity index (χ2v) is 4.57. The molecule has 2 heterocycles. The van der Waals surface area contributed by atoms with E-state index < -0.39 is 11.8 Å². The summed E-state index contributed by atoms with van der Waals surface area (Å²) >= 11 is 0. The van der Waals surface area contributed by atoms with Gasteiger partial charge in [-0.05, 0) is 24.6 Å². The van der Waals surface area contributed by atoms with Crippen LogP contribution in [0.2, 0.25) is 0 Å². The van der Waals surface area contributed by atoms with Gasteiger partial charge in [0.05, 0.1) is 11.4 Å². The molecule has 5 nitrogen and oxygen atoms in total. The van der Waals surface area contributed by atoms with E-state index in [-0.39, 0.29) is 17.0 Å². The van der Waals surface area contributed by atoms with E-state index in [2.05, 4.69) is 10.1 Å². The Morgan fingerprint density at radius 3 is 2.76 bits per heavy atom. The monoisotopic (exact) mass is 285 g/mol. The molecule has 0 aliphatic rings. The summed E-state index contributed by atoms with van der Waals surface area (Å²) in [6.07, 6.45) is 0.664. The summed E-state index contributed by atoms with van der Waals surface area (Å²) in [6.45, 7) is 1.92.